The molecule has 9 aromatic rings. The first-order valence-electron chi connectivity index (χ1n) is 16.4. The highest BCUT2D eigenvalue weighted by Crippen LogP contribution is 2.41. The van der Waals surface area contributed by atoms with Gasteiger partial charge in [0.05, 0.1) is 17.1 Å². The van der Waals surface area contributed by atoms with Gasteiger partial charge < -0.3 is 4.42 Å². The van der Waals surface area contributed by atoms with Crippen molar-refractivity contribution < 1.29 is 4.42 Å². The molecule has 0 N–H and O–H groups in total. The van der Waals surface area contributed by atoms with E-state index >= 15 is 0 Å². The van der Waals surface area contributed by atoms with Crippen molar-refractivity contribution in [3.05, 3.63) is 176 Å². The molecule has 230 valence electrons. The van der Waals surface area contributed by atoms with Crippen molar-refractivity contribution in [1.82, 2.24) is 15.0 Å². The summed E-state index contributed by atoms with van der Waals surface area (Å²) in [4.78, 5) is 15.4. The summed E-state index contributed by atoms with van der Waals surface area (Å²) in [7, 11) is 0. The molecule has 0 atom stereocenters. The van der Waals surface area contributed by atoms with Crippen LogP contribution >= 0.6 is 0 Å². The number of hydrogen-bond acceptors (Lipinski definition) is 4. The van der Waals surface area contributed by atoms with Crippen LogP contribution in [-0.4, -0.2) is 15.0 Å². The first-order chi connectivity index (χ1) is 24.3. The van der Waals surface area contributed by atoms with Crippen molar-refractivity contribution in [2.75, 3.05) is 0 Å². The summed E-state index contributed by atoms with van der Waals surface area (Å²) in [5, 5.41) is 0.992. The molecule has 6 aromatic carbocycles. The van der Waals surface area contributed by atoms with Crippen molar-refractivity contribution in [2.45, 2.75) is 0 Å². The first kappa shape index (κ1) is 28.6. The molecule has 49 heavy (non-hydrogen) atoms. The van der Waals surface area contributed by atoms with Gasteiger partial charge in [0.2, 0.25) is 0 Å². The summed E-state index contributed by atoms with van der Waals surface area (Å²) in [6, 6.07) is 60.3. The Morgan fingerprint density at radius 1 is 0.347 bits per heavy atom. The van der Waals surface area contributed by atoms with E-state index in [1.807, 2.05) is 78.9 Å². The van der Waals surface area contributed by atoms with Crippen LogP contribution in [0.25, 0.3) is 89.5 Å². The highest BCUT2D eigenvalue weighted by molar-refractivity contribution is 6.08. The lowest BCUT2D eigenvalue weighted by Crippen LogP contribution is -1.96. The van der Waals surface area contributed by atoms with Gasteiger partial charge in [0.15, 0.2) is 11.4 Å². The van der Waals surface area contributed by atoms with E-state index in [2.05, 4.69) is 97.1 Å². The molecule has 0 aliphatic carbocycles. The second kappa shape index (κ2) is 12.2. The molecular weight excluding hydrogens is 599 g/mol. The number of hydrogen-bond donors (Lipinski definition) is 0. The fraction of sp³-hybridized carbons (Fsp3) is 0. The minimum absolute atomic E-state index is 0.679. The third-order valence-corrected chi connectivity index (χ3v) is 8.87. The number of furan rings is 1. The fourth-order valence-corrected chi connectivity index (χ4v) is 6.45. The van der Waals surface area contributed by atoms with E-state index in [0.29, 0.717) is 5.82 Å². The molecule has 3 aromatic heterocycles. The number of aromatic nitrogens is 3. The fourth-order valence-electron chi connectivity index (χ4n) is 6.45. The maximum atomic E-state index is 6.59. The maximum Gasteiger partial charge on any atom is 0.161 e. The Bertz CT molecular complexity index is 2520. The normalized spacial score (nSPS) is 11.3. The van der Waals surface area contributed by atoms with Crippen molar-refractivity contribution >= 4 is 22.1 Å². The topological polar surface area (TPSA) is 51.8 Å². The average molecular weight is 628 g/mol. The predicted octanol–water partition coefficient (Wildman–Crippen LogP) is 11.8. The number of para-hydroxylation sites is 1. The zero-order valence-electron chi connectivity index (χ0n) is 26.5. The SMILES string of the molecule is c1ccc(-c2cc(-c3cc(-c4ccccc4)nc(-c4ccccc4)n3)cc(-c3cc(-c4ccccc4)nc4c3oc3ccccc34)c2)cc1. The van der Waals surface area contributed by atoms with E-state index < -0.39 is 0 Å². The molecule has 0 saturated carbocycles. The molecule has 0 aliphatic heterocycles. The lowest BCUT2D eigenvalue weighted by Gasteiger charge is -2.14. The highest BCUT2D eigenvalue weighted by Gasteiger charge is 2.19. The number of fused-ring (bicyclic) bond motifs is 3. The van der Waals surface area contributed by atoms with E-state index in [4.69, 9.17) is 19.4 Å². The Morgan fingerprint density at radius 3 is 1.49 bits per heavy atom. The Labute approximate surface area is 284 Å². The van der Waals surface area contributed by atoms with Gasteiger partial charge in [0, 0.05) is 33.2 Å². The molecule has 4 nitrogen and oxygen atoms in total. The molecule has 0 saturated heterocycles. The molecule has 0 fully saturated rings. The summed E-state index contributed by atoms with van der Waals surface area (Å²) in [6.07, 6.45) is 0. The number of rotatable bonds is 6. The van der Waals surface area contributed by atoms with Crippen LogP contribution in [0.2, 0.25) is 0 Å². The lowest BCUT2D eigenvalue weighted by atomic mass is 9.93. The van der Waals surface area contributed by atoms with Gasteiger partial charge in [-0.3, -0.25) is 0 Å². The molecule has 4 heteroatoms. The van der Waals surface area contributed by atoms with Gasteiger partial charge in [-0.2, -0.15) is 0 Å². The average Bonchev–Trinajstić information content (AvgIpc) is 3.57. The second-order valence-electron chi connectivity index (χ2n) is 12.1. The van der Waals surface area contributed by atoms with Gasteiger partial charge in [-0.25, -0.2) is 15.0 Å². The molecule has 0 aliphatic rings. The van der Waals surface area contributed by atoms with E-state index in [1.54, 1.807) is 0 Å². The van der Waals surface area contributed by atoms with Crippen molar-refractivity contribution in [2.24, 2.45) is 0 Å². The molecule has 0 radical (unpaired) electrons. The minimum Gasteiger partial charge on any atom is -0.454 e. The highest BCUT2D eigenvalue weighted by atomic mass is 16.3. The Kier molecular flexibility index (Phi) is 7.10. The molecule has 0 unspecified atom stereocenters. The summed E-state index contributed by atoms with van der Waals surface area (Å²) < 4.78 is 6.59. The van der Waals surface area contributed by atoms with Crippen LogP contribution < -0.4 is 0 Å². The van der Waals surface area contributed by atoms with Gasteiger partial charge >= 0.3 is 0 Å². The second-order valence-corrected chi connectivity index (χ2v) is 12.1. The minimum atomic E-state index is 0.679. The van der Waals surface area contributed by atoms with Gasteiger partial charge in [-0.1, -0.05) is 133 Å². The standard InChI is InChI=1S/C45H29N3O/c1-5-15-30(16-6-1)34-25-35(38-28-39(31-17-7-2-8-18-31)46-43-37-23-13-14-24-42(37)49-44(38)43)27-36(26-34)41-29-40(32-19-9-3-10-20-32)47-45(48-41)33-21-11-4-12-22-33/h1-29H. The van der Waals surface area contributed by atoms with Gasteiger partial charge in [0.25, 0.3) is 0 Å². The lowest BCUT2D eigenvalue weighted by molar-refractivity contribution is 0.669. The number of benzene rings is 6. The summed E-state index contributed by atoms with van der Waals surface area (Å²) in [5.41, 5.74) is 13.2. The molecular formula is C45H29N3O. The van der Waals surface area contributed by atoms with E-state index in [0.717, 1.165) is 83.7 Å². The molecule has 0 amide bonds. The predicted molar refractivity (Wildman–Crippen MR) is 200 cm³/mol. The summed E-state index contributed by atoms with van der Waals surface area (Å²) >= 11 is 0. The Morgan fingerprint density at radius 2 is 0.837 bits per heavy atom. The number of nitrogens with zero attached hydrogens (tertiary/aromatic N) is 3. The van der Waals surface area contributed by atoms with E-state index in [9.17, 15) is 0 Å². The molecule has 0 bridgehead atoms. The number of pyridine rings is 1. The zero-order valence-corrected chi connectivity index (χ0v) is 26.5. The first-order valence-corrected chi connectivity index (χ1v) is 16.4. The van der Waals surface area contributed by atoms with Crippen LogP contribution in [0.5, 0.6) is 0 Å². The van der Waals surface area contributed by atoms with Crippen LogP contribution in [0.3, 0.4) is 0 Å². The molecule has 9 rings (SSSR count). The van der Waals surface area contributed by atoms with Gasteiger partial charge in [-0.05, 0) is 59.2 Å². The van der Waals surface area contributed by atoms with Gasteiger partial charge in [-0.15, -0.1) is 0 Å². The maximum absolute atomic E-state index is 6.59. The largest absolute Gasteiger partial charge is 0.454 e. The summed E-state index contributed by atoms with van der Waals surface area (Å²) in [5.74, 6) is 0.679. The molecule has 0 spiro atoms. The van der Waals surface area contributed by atoms with Crippen molar-refractivity contribution in [1.29, 1.82) is 0 Å². The van der Waals surface area contributed by atoms with E-state index in [-0.39, 0.29) is 0 Å². The van der Waals surface area contributed by atoms with Crippen LogP contribution in [0, 0.1) is 0 Å². The van der Waals surface area contributed by atoms with Gasteiger partial charge in [0.1, 0.15) is 11.1 Å². The van der Waals surface area contributed by atoms with Crippen molar-refractivity contribution in [3.8, 4) is 67.4 Å². The smallest absolute Gasteiger partial charge is 0.161 e. The quantitative estimate of drug-likeness (QED) is 0.184. The Balaban J connectivity index is 1.33. The summed E-state index contributed by atoms with van der Waals surface area (Å²) in [6.45, 7) is 0. The van der Waals surface area contributed by atoms with E-state index in [1.165, 1.54) is 0 Å². The van der Waals surface area contributed by atoms with Crippen molar-refractivity contribution in [3.63, 3.8) is 0 Å². The van der Waals surface area contributed by atoms with Crippen LogP contribution in [0.15, 0.2) is 180 Å². The van der Waals surface area contributed by atoms with Crippen LogP contribution in [-0.2, 0) is 0 Å². The third-order valence-electron chi connectivity index (χ3n) is 8.87. The third kappa shape index (κ3) is 5.45. The zero-order chi connectivity index (χ0) is 32.6. The van der Waals surface area contributed by atoms with Crippen LogP contribution in [0.1, 0.15) is 0 Å². The van der Waals surface area contributed by atoms with Crippen LogP contribution in [0.4, 0.5) is 0 Å². The monoisotopic (exact) mass is 627 g/mol. The molecule has 3 heterocycles. The Hall–Kier alpha value is -6.65.